The Morgan fingerprint density at radius 1 is 1.08 bits per heavy atom. The van der Waals surface area contributed by atoms with Crippen LogP contribution in [0, 0.1) is 17.7 Å². The molecular weight excluding hydrogens is 316 g/mol. The Hall–Kier alpha value is -1.99. The smallest absolute Gasteiger partial charge is 0.291 e. The second-order valence-electron chi connectivity index (χ2n) is 6.98. The number of hydrogen-bond acceptors (Lipinski definition) is 6. The molecule has 0 unspecified atom stereocenters. The van der Waals surface area contributed by atoms with Gasteiger partial charge in [0, 0.05) is 57.2 Å². The van der Waals surface area contributed by atoms with Crippen LogP contribution in [0.3, 0.4) is 0 Å². The van der Waals surface area contributed by atoms with Crippen LogP contribution in [-0.2, 0) is 4.74 Å². The lowest BCUT2D eigenvalue weighted by Crippen LogP contribution is -2.53. The van der Waals surface area contributed by atoms with Crippen molar-refractivity contribution in [1.82, 2.24) is 19.7 Å². The third kappa shape index (κ3) is 4.55. The normalized spacial score (nSPS) is 20.5. The van der Waals surface area contributed by atoms with Gasteiger partial charge in [-0.05, 0) is 38.9 Å². The minimum absolute atomic E-state index is 0.0151. The monoisotopic (exact) mass is 344 g/mol. The quantitative estimate of drug-likeness (QED) is 0.626. The van der Waals surface area contributed by atoms with Gasteiger partial charge in [0.05, 0.1) is 5.56 Å². The fourth-order valence-corrected chi connectivity index (χ4v) is 3.44. The van der Waals surface area contributed by atoms with E-state index in [0.717, 1.165) is 57.8 Å². The van der Waals surface area contributed by atoms with Gasteiger partial charge in [0.2, 0.25) is 5.90 Å². The molecule has 0 atom stereocenters. The van der Waals surface area contributed by atoms with E-state index in [1.54, 1.807) is 12.3 Å². The zero-order valence-corrected chi connectivity index (χ0v) is 15.2. The van der Waals surface area contributed by atoms with Gasteiger partial charge in [-0.25, -0.2) is 0 Å². The summed E-state index contributed by atoms with van der Waals surface area (Å²) in [6.07, 6.45) is 3.72. The van der Waals surface area contributed by atoms with Crippen molar-refractivity contribution in [3.63, 3.8) is 0 Å². The van der Waals surface area contributed by atoms with Gasteiger partial charge >= 0.3 is 0 Å². The van der Waals surface area contributed by atoms with Crippen LogP contribution < -0.4 is 0 Å². The summed E-state index contributed by atoms with van der Waals surface area (Å²) in [7, 11) is 2.18. The maximum absolute atomic E-state index is 8.16. The summed E-state index contributed by atoms with van der Waals surface area (Å²) < 4.78 is 5.44. The minimum Gasteiger partial charge on any atom is -0.407 e. The Kier molecular flexibility index (Phi) is 5.65. The number of piperazine rings is 1. The van der Waals surface area contributed by atoms with Crippen molar-refractivity contribution in [2.75, 3.05) is 46.3 Å². The maximum atomic E-state index is 8.16. The predicted molar refractivity (Wildman–Crippen MR) is 98.3 cm³/mol. The lowest BCUT2D eigenvalue weighted by atomic mass is 10.0. The average Bonchev–Trinajstić information content (AvgIpc) is 2.63. The second-order valence-corrected chi connectivity index (χ2v) is 6.98. The van der Waals surface area contributed by atoms with E-state index in [9.17, 15) is 0 Å². The molecule has 0 spiro atoms. The molecule has 136 valence electrons. The van der Waals surface area contributed by atoms with Crippen LogP contribution in [0.25, 0.3) is 0 Å². The van der Waals surface area contributed by atoms with Crippen LogP contribution in [0.5, 0.6) is 0 Å². The Labute approximate surface area is 149 Å². The number of likely N-dealkylation sites (tertiary alicyclic amines) is 1. The average molecular weight is 344 g/mol. The van der Waals surface area contributed by atoms with Crippen LogP contribution in [-0.4, -0.2) is 84.0 Å². The van der Waals surface area contributed by atoms with E-state index >= 15 is 0 Å². The summed E-state index contributed by atoms with van der Waals surface area (Å²) in [5, 5.41) is 16.2. The number of nitrogens with zero attached hydrogens (tertiary/aromatic N) is 4. The van der Waals surface area contributed by atoms with Crippen LogP contribution in [0.15, 0.2) is 18.3 Å². The number of likely N-dealkylation sites (N-methyl/N-ethyl adjacent to an activating group) is 1. The molecule has 2 saturated heterocycles. The molecule has 2 N–H and O–H groups in total. The summed E-state index contributed by atoms with van der Waals surface area (Å²) in [4.78, 5) is 11.1. The van der Waals surface area contributed by atoms with Gasteiger partial charge in [0.25, 0.3) is 6.02 Å². The third-order valence-electron chi connectivity index (χ3n) is 5.18. The zero-order chi connectivity index (χ0) is 17.8. The fourth-order valence-electron chi connectivity index (χ4n) is 3.44. The Morgan fingerprint density at radius 2 is 1.76 bits per heavy atom. The molecule has 0 bridgehead atoms. The molecule has 0 amide bonds. The highest BCUT2D eigenvalue weighted by molar-refractivity contribution is 5.98. The van der Waals surface area contributed by atoms with E-state index < -0.39 is 0 Å². The lowest BCUT2D eigenvalue weighted by molar-refractivity contribution is 0.0786. The maximum Gasteiger partial charge on any atom is 0.291 e. The largest absolute Gasteiger partial charge is 0.407 e. The molecular formula is C18H28N6O. The fraction of sp³-hybridized carbons (Fsp3) is 0.611. The first-order valence-corrected chi connectivity index (χ1v) is 8.98. The lowest BCUT2D eigenvalue weighted by Gasteiger charge is -2.42. The highest BCUT2D eigenvalue weighted by atomic mass is 16.5. The minimum atomic E-state index is -0.0151. The first-order chi connectivity index (χ1) is 12.0. The van der Waals surface area contributed by atoms with Crippen molar-refractivity contribution in [2.24, 2.45) is 0 Å². The van der Waals surface area contributed by atoms with Gasteiger partial charge < -0.3 is 14.5 Å². The number of amidine groups is 1. The van der Waals surface area contributed by atoms with Crippen molar-refractivity contribution in [1.29, 1.82) is 10.8 Å². The van der Waals surface area contributed by atoms with Crippen LogP contribution in [0.4, 0.5) is 0 Å². The van der Waals surface area contributed by atoms with Crippen LogP contribution in [0.2, 0.25) is 0 Å². The number of pyridine rings is 1. The standard InChI is InChI=1S/C18H28N6O/c1-14-3-4-15(13-21-14)17(19)25-18(20)24-7-5-16(6-8-24)23-11-9-22(2)10-12-23/h3-4,13,16,19-20H,5-12H2,1-2H3. The molecule has 1 aromatic rings. The Balaban J connectivity index is 1.46. The molecule has 1 aromatic heterocycles. The molecule has 3 heterocycles. The highest BCUT2D eigenvalue weighted by Gasteiger charge is 2.28. The summed E-state index contributed by atoms with van der Waals surface area (Å²) in [6, 6.07) is 4.33. The first kappa shape index (κ1) is 17.8. The van der Waals surface area contributed by atoms with Crippen LogP contribution in [0.1, 0.15) is 24.1 Å². The van der Waals surface area contributed by atoms with Crippen molar-refractivity contribution in [3.8, 4) is 0 Å². The van der Waals surface area contributed by atoms with Gasteiger partial charge in [-0.2, -0.15) is 0 Å². The van der Waals surface area contributed by atoms with E-state index in [1.165, 1.54) is 0 Å². The summed E-state index contributed by atoms with van der Waals surface area (Å²) in [5.41, 5.74) is 1.50. The Morgan fingerprint density at radius 3 is 2.36 bits per heavy atom. The molecule has 3 rings (SSSR count). The number of nitrogens with one attached hydrogen (secondary N) is 2. The van der Waals surface area contributed by atoms with Gasteiger partial charge in [-0.15, -0.1) is 0 Å². The van der Waals surface area contributed by atoms with E-state index in [2.05, 4.69) is 21.8 Å². The second kappa shape index (κ2) is 7.93. The van der Waals surface area contributed by atoms with Gasteiger partial charge in [0.15, 0.2) is 0 Å². The van der Waals surface area contributed by atoms with Crippen molar-refractivity contribution < 1.29 is 4.74 Å². The van der Waals surface area contributed by atoms with Crippen molar-refractivity contribution >= 4 is 11.9 Å². The molecule has 7 heteroatoms. The van der Waals surface area contributed by atoms with E-state index in [1.807, 2.05) is 17.9 Å². The van der Waals surface area contributed by atoms with E-state index in [4.69, 9.17) is 15.6 Å². The molecule has 2 aliphatic heterocycles. The van der Waals surface area contributed by atoms with Crippen molar-refractivity contribution in [3.05, 3.63) is 29.6 Å². The third-order valence-corrected chi connectivity index (χ3v) is 5.18. The van der Waals surface area contributed by atoms with Gasteiger partial charge in [-0.3, -0.25) is 20.7 Å². The number of hydrogen-bond donors (Lipinski definition) is 2. The number of piperidine rings is 1. The molecule has 0 radical (unpaired) electrons. The Bertz CT molecular complexity index is 600. The first-order valence-electron chi connectivity index (χ1n) is 8.98. The SMILES string of the molecule is Cc1ccc(C(=N)OC(=N)N2CCC(N3CCN(C)CC3)CC2)cn1. The summed E-state index contributed by atoms with van der Waals surface area (Å²) in [6.45, 7) is 8.09. The van der Waals surface area contributed by atoms with Gasteiger partial charge in [-0.1, -0.05) is 0 Å². The zero-order valence-electron chi connectivity index (χ0n) is 15.2. The number of aryl methyl sites for hydroxylation is 1. The number of rotatable bonds is 2. The van der Waals surface area contributed by atoms with Crippen LogP contribution >= 0.6 is 0 Å². The molecule has 25 heavy (non-hydrogen) atoms. The summed E-state index contributed by atoms with van der Waals surface area (Å²) >= 11 is 0. The molecule has 0 aromatic carbocycles. The number of ether oxygens (including phenoxy) is 1. The molecule has 2 fully saturated rings. The van der Waals surface area contributed by atoms with Crippen molar-refractivity contribution in [2.45, 2.75) is 25.8 Å². The molecule has 0 aliphatic carbocycles. The topological polar surface area (TPSA) is 79.5 Å². The molecule has 0 saturated carbocycles. The molecule has 7 nitrogen and oxygen atoms in total. The number of aromatic nitrogens is 1. The predicted octanol–water partition coefficient (Wildman–Crippen LogP) is 1.38. The van der Waals surface area contributed by atoms with E-state index in [0.29, 0.717) is 11.6 Å². The molecule has 2 aliphatic rings. The summed E-state index contributed by atoms with van der Waals surface area (Å²) in [5.74, 6) is -0.0151. The van der Waals surface area contributed by atoms with Gasteiger partial charge in [0.1, 0.15) is 0 Å². The highest BCUT2D eigenvalue weighted by Crippen LogP contribution is 2.18. The van der Waals surface area contributed by atoms with E-state index in [-0.39, 0.29) is 11.9 Å².